The summed E-state index contributed by atoms with van der Waals surface area (Å²) in [5.74, 6) is 1.62. The Kier molecular flexibility index (Phi) is 4.31. The van der Waals surface area contributed by atoms with Gasteiger partial charge in [-0.2, -0.15) is 4.98 Å². The zero-order valence-corrected chi connectivity index (χ0v) is 18.0. The molecule has 0 aliphatic carbocycles. The molecule has 5 rings (SSSR count). The molecule has 0 saturated carbocycles. The minimum absolute atomic E-state index is 0.0324. The van der Waals surface area contributed by atoms with Crippen molar-refractivity contribution in [2.75, 3.05) is 24.6 Å². The fraction of sp³-hybridized carbons (Fsp3) is 0.381. The molecule has 10 nitrogen and oxygen atoms in total. The molecule has 4 aromatic heterocycles. The number of aromatic nitrogens is 6. The van der Waals surface area contributed by atoms with Gasteiger partial charge in [0.15, 0.2) is 11.5 Å². The summed E-state index contributed by atoms with van der Waals surface area (Å²) >= 11 is 0. The SMILES string of the molecule is Cc1nc2ccc(-c3ccn4nc(N[C@H]5CCN(C)C5=O)nc(N)c34)nc2n1C(C)C. The summed E-state index contributed by atoms with van der Waals surface area (Å²) in [6.45, 7) is 6.93. The topological polar surface area (TPSA) is 119 Å². The normalized spacial score (nSPS) is 16.9. The van der Waals surface area contributed by atoms with Crippen LogP contribution in [0.25, 0.3) is 27.9 Å². The van der Waals surface area contributed by atoms with E-state index >= 15 is 0 Å². The third kappa shape index (κ3) is 3.06. The van der Waals surface area contributed by atoms with Crippen molar-refractivity contribution in [3.05, 3.63) is 30.2 Å². The van der Waals surface area contributed by atoms with Gasteiger partial charge in [-0.25, -0.2) is 14.5 Å². The zero-order valence-electron chi connectivity index (χ0n) is 18.0. The molecule has 10 heteroatoms. The van der Waals surface area contributed by atoms with Crippen LogP contribution >= 0.6 is 0 Å². The highest BCUT2D eigenvalue weighted by Gasteiger charge is 2.29. The Balaban J connectivity index is 1.56. The van der Waals surface area contributed by atoms with Crippen molar-refractivity contribution < 1.29 is 4.79 Å². The Morgan fingerprint density at radius 1 is 1.19 bits per heavy atom. The van der Waals surface area contributed by atoms with E-state index in [2.05, 4.69) is 38.8 Å². The van der Waals surface area contributed by atoms with E-state index in [9.17, 15) is 4.79 Å². The lowest BCUT2D eigenvalue weighted by Crippen LogP contribution is -2.31. The van der Waals surface area contributed by atoms with Gasteiger partial charge in [0.05, 0.1) is 5.69 Å². The minimum atomic E-state index is -0.333. The van der Waals surface area contributed by atoms with Gasteiger partial charge in [0.25, 0.3) is 0 Å². The lowest BCUT2D eigenvalue weighted by molar-refractivity contribution is -0.127. The number of carbonyl (C=O) groups is 1. The van der Waals surface area contributed by atoms with Gasteiger partial charge in [-0.05, 0) is 45.4 Å². The third-order valence-corrected chi connectivity index (χ3v) is 5.77. The smallest absolute Gasteiger partial charge is 0.244 e. The van der Waals surface area contributed by atoms with Crippen LogP contribution in [0.2, 0.25) is 0 Å². The number of likely N-dealkylation sites (N-methyl/N-ethyl adjacent to an activating group) is 1. The van der Waals surface area contributed by atoms with Gasteiger partial charge in [0.2, 0.25) is 11.9 Å². The molecular formula is C21H25N9O. The first-order chi connectivity index (χ1) is 14.8. The quantitative estimate of drug-likeness (QED) is 0.521. The lowest BCUT2D eigenvalue weighted by atomic mass is 10.2. The number of amides is 1. The largest absolute Gasteiger partial charge is 0.382 e. The number of imidazole rings is 1. The van der Waals surface area contributed by atoms with Gasteiger partial charge in [0.1, 0.15) is 22.9 Å². The predicted molar refractivity (Wildman–Crippen MR) is 119 cm³/mol. The zero-order chi connectivity index (χ0) is 21.9. The molecule has 0 unspecified atom stereocenters. The van der Waals surface area contributed by atoms with Crippen molar-refractivity contribution in [1.82, 2.24) is 34.0 Å². The first kappa shape index (κ1) is 19.3. The van der Waals surface area contributed by atoms with Crippen LogP contribution < -0.4 is 11.1 Å². The molecule has 0 spiro atoms. The Bertz CT molecular complexity index is 1320. The van der Waals surface area contributed by atoms with Gasteiger partial charge in [-0.1, -0.05) is 0 Å². The summed E-state index contributed by atoms with van der Waals surface area (Å²) < 4.78 is 3.80. The molecule has 1 aliphatic heterocycles. The number of nitrogens with zero attached hydrogens (tertiary/aromatic N) is 7. The summed E-state index contributed by atoms with van der Waals surface area (Å²) in [7, 11) is 1.79. The molecule has 31 heavy (non-hydrogen) atoms. The second-order valence-electron chi connectivity index (χ2n) is 8.25. The molecule has 0 radical (unpaired) electrons. The first-order valence-electron chi connectivity index (χ1n) is 10.4. The fourth-order valence-electron chi connectivity index (χ4n) is 4.29. The van der Waals surface area contributed by atoms with Crippen LogP contribution in [0.5, 0.6) is 0 Å². The molecular weight excluding hydrogens is 394 g/mol. The number of hydrogen-bond donors (Lipinski definition) is 2. The molecule has 0 aromatic carbocycles. The van der Waals surface area contributed by atoms with Gasteiger partial charge >= 0.3 is 0 Å². The maximum absolute atomic E-state index is 12.2. The molecule has 5 heterocycles. The summed E-state index contributed by atoms with van der Waals surface area (Å²) in [4.78, 5) is 27.8. The maximum atomic E-state index is 12.2. The van der Waals surface area contributed by atoms with E-state index in [1.165, 1.54) is 0 Å². The van der Waals surface area contributed by atoms with Crippen molar-refractivity contribution in [2.45, 2.75) is 39.3 Å². The summed E-state index contributed by atoms with van der Waals surface area (Å²) in [5, 5.41) is 7.62. The summed E-state index contributed by atoms with van der Waals surface area (Å²) in [6, 6.07) is 5.75. The lowest BCUT2D eigenvalue weighted by Gasteiger charge is -2.13. The number of aryl methyl sites for hydroxylation is 1. The van der Waals surface area contributed by atoms with E-state index in [-0.39, 0.29) is 18.0 Å². The van der Waals surface area contributed by atoms with Gasteiger partial charge < -0.3 is 20.5 Å². The Morgan fingerprint density at radius 3 is 2.71 bits per heavy atom. The highest BCUT2D eigenvalue weighted by Crippen LogP contribution is 2.30. The number of carbonyl (C=O) groups excluding carboxylic acids is 1. The molecule has 1 amide bonds. The molecule has 3 N–H and O–H groups in total. The van der Waals surface area contributed by atoms with Crippen LogP contribution in [0.1, 0.15) is 32.1 Å². The van der Waals surface area contributed by atoms with Gasteiger partial charge in [0, 0.05) is 31.4 Å². The van der Waals surface area contributed by atoms with E-state index in [4.69, 9.17) is 10.7 Å². The number of rotatable bonds is 4. The second kappa shape index (κ2) is 6.93. The van der Waals surface area contributed by atoms with Crippen molar-refractivity contribution in [1.29, 1.82) is 0 Å². The first-order valence-corrected chi connectivity index (χ1v) is 10.4. The number of nitrogens with one attached hydrogen (secondary N) is 1. The van der Waals surface area contributed by atoms with Crippen molar-refractivity contribution in [3.63, 3.8) is 0 Å². The Labute approximate surface area is 179 Å². The summed E-state index contributed by atoms with van der Waals surface area (Å²) in [5.41, 5.74) is 10.3. The number of fused-ring (bicyclic) bond motifs is 2. The van der Waals surface area contributed by atoms with Crippen LogP contribution in [0.4, 0.5) is 11.8 Å². The number of nitrogen functional groups attached to an aromatic ring is 1. The van der Waals surface area contributed by atoms with Crippen molar-refractivity contribution >= 4 is 34.4 Å². The fourth-order valence-corrected chi connectivity index (χ4v) is 4.29. The van der Waals surface area contributed by atoms with Crippen LogP contribution in [-0.4, -0.2) is 59.6 Å². The van der Waals surface area contributed by atoms with Gasteiger partial charge in [-0.15, -0.1) is 5.10 Å². The number of pyridine rings is 1. The second-order valence-corrected chi connectivity index (χ2v) is 8.25. The molecule has 4 aromatic rings. The van der Waals surface area contributed by atoms with Crippen molar-refractivity contribution in [3.8, 4) is 11.3 Å². The number of anilines is 2. The van der Waals surface area contributed by atoms with Crippen LogP contribution in [-0.2, 0) is 4.79 Å². The number of hydrogen-bond acceptors (Lipinski definition) is 7. The molecule has 1 saturated heterocycles. The minimum Gasteiger partial charge on any atom is -0.382 e. The van der Waals surface area contributed by atoms with E-state index in [0.29, 0.717) is 30.2 Å². The third-order valence-electron chi connectivity index (χ3n) is 5.77. The molecule has 1 fully saturated rings. The molecule has 1 atom stereocenters. The monoisotopic (exact) mass is 419 g/mol. The van der Waals surface area contributed by atoms with Crippen molar-refractivity contribution in [2.24, 2.45) is 0 Å². The highest BCUT2D eigenvalue weighted by molar-refractivity contribution is 5.89. The number of likely N-dealkylation sites (tertiary alicyclic amines) is 1. The Hall–Kier alpha value is -3.69. The van der Waals surface area contributed by atoms with E-state index < -0.39 is 0 Å². The molecule has 0 bridgehead atoms. The van der Waals surface area contributed by atoms with Crippen LogP contribution in [0, 0.1) is 6.92 Å². The predicted octanol–water partition coefficient (Wildman–Crippen LogP) is 2.26. The summed E-state index contributed by atoms with van der Waals surface area (Å²) in [6.07, 6.45) is 2.54. The number of nitrogens with two attached hydrogens (primary N) is 1. The van der Waals surface area contributed by atoms with Crippen LogP contribution in [0.15, 0.2) is 24.4 Å². The maximum Gasteiger partial charge on any atom is 0.244 e. The average molecular weight is 419 g/mol. The molecule has 160 valence electrons. The van der Waals surface area contributed by atoms with E-state index in [1.807, 2.05) is 31.3 Å². The van der Waals surface area contributed by atoms with Gasteiger partial charge in [-0.3, -0.25) is 4.79 Å². The van der Waals surface area contributed by atoms with E-state index in [0.717, 1.165) is 28.2 Å². The average Bonchev–Trinajstić information content (AvgIpc) is 3.38. The van der Waals surface area contributed by atoms with Crippen LogP contribution in [0.3, 0.4) is 0 Å². The standard InChI is InChI=1S/C21H25N9O/c1-11(2)30-12(3)23-15-6-5-14(24-19(15)30)13-7-10-29-17(13)18(22)26-21(27-29)25-16-8-9-28(4)20(16)31/h5-7,10-11,16H,8-9H2,1-4H3,(H3,22,25,26,27)/t16-/m0/s1. The molecule has 1 aliphatic rings. The highest BCUT2D eigenvalue weighted by atomic mass is 16.2. The Morgan fingerprint density at radius 2 is 2.00 bits per heavy atom. The van der Waals surface area contributed by atoms with E-state index in [1.54, 1.807) is 16.5 Å².